The van der Waals surface area contributed by atoms with Crippen molar-refractivity contribution in [1.29, 1.82) is 0 Å². The van der Waals surface area contributed by atoms with Gasteiger partial charge in [-0.3, -0.25) is 4.79 Å². The SMILES string of the molecule is O=c1ccc2c(c1)c1ccccc1c1c3cc(Cl)ccc3coc21. The molecule has 114 valence electrons. The van der Waals surface area contributed by atoms with Crippen molar-refractivity contribution in [1.82, 2.24) is 0 Å². The van der Waals surface area contributed by atoms with E-state index in [2.05, 4.69) is 6.07 Å². The number of fused-ring (bicyclic) bond motifs is 8. The molecule has 2 nitrogen and oxygen atoms in total. The van der Waals surface area contributed by atoms with Crippen LogP contribution in [0, 0.1) is 0 Å². The van der Waals surface area contributed by atoms with Crippen molar-refractivity contribution in [3.8, 4) is 0 Å². The van der Waals surface area contributed by atoms with Gasteiger partial charge in [-0.2, -0.15) is 0 Å². The van der Waals surface area contributed by atoms with E-state index >= 15 is 0 Å². The topological polar surface area (TPSA) is 30.2 Å². The fourth-order valence-electron chi connectivity index (χ4n) is 3.50. The molecule has 1 heterocycles. The van der Waals surface area contributed by atoms with Crippen LogP contribution in [0.3, 0.4) is 0 Å². The predicted molar refractivity (Wildman–Crippen MR) is 100 cm³/mol. The molecule has 0 amide bonds. The first-order valence-electron chi connectivity index (χ1n) is 7.68. The Labute approximate surface area is 141 Å². The molecule has 0 saturated heterocycles. The highest BCUT2D eigenvalue weighted by Crippen LogP contribution is 2.38. The summed E-state index contributed by atoms with van der Waals surface area (Å²) in [7, 11) is 0. The van der Waals surface area contributed by atoms with Crippen molar-refractivity contribution < 1.29 is 4.42 Å². The van der Waals surface area contributed by atoms with Crippen molar-refractivity contribution in [2.45, 2.75) is 0 Å². The third-order valence-corrected chi connectivity index (χ3v) is 4.77. The third-order valence-electron chi connectivity index (χ3n) is 4.54. The van der Waals surface area contributed by atoms with Gasteiger partial charge in [-0.15, -0.1) is 0 Å². The third kappa shape index (κ3) is 1.81. The van der Waals surface area contributed by atoms with Crippen LogP contribution in [0.15, 0.2) is 76.1 Å². The maximum absolute atomic E-state index is 11.9. The summed E-state index contributed by atoms with van der Waals surface area (Å²) in [6, 6.07) is 19.0. The molecule has 0 spiro atoms. The highest BCUT2D eigenvalue weighted by Gasteiger charge is 2.13. The minimum atomic E-state index is -0.00385. The summed E-state index contributed by atoms with van der Waals surface area (Å²) in [5.41, 5.74) is 0.773. The first kappa shape index (κ1) is 13.6. The van der Waals surface area contributed by atoms with Gasteiger partial charge < -0.3 is 4.42 Å². The lowest BCUT2D eigenvalue weighted by Crippen LogP contribution is -1.95. The molecule has 0 aliphatic rings. The van der Waals surface area contributed by atoms with E-state index in [9.17, 15) is 4.79 Å². The number of hydrogen-bond donors (Lipinski definition) is 0. The zero-order chi connectivity index (χ0) is 16.3. The van der Waals surface area contributed by atoms with E-state index < -0.39 is 0 Å². The van der Waals surface area contributed by atoms with Crippen LogP contribution in [-0.2, 0) is 0 Å². The van der Waals surface area contributed by atoms with Gasteiger partial charge in [0.1, 0.15) is 5.58 Å². The van der Waals surface area contributed by atoms with E-state index in [4.69, 9.17) is 16.0 Å². The average molecular weight is 331 g/mol. The van der Waals surface area contributed by atoms with E-state index in [-0.39, 0.29) is 5.43 Å². The molecule has 0 N–H and O–H groups in total. The number of benzene rings is 4. The second-order valence-electron chi connectivity index (χ2n) is 5.92. The first-order valence-corrected chi connectivity index (χ1v) is 8.05. The summed E-state index contributed by atoms with van der Waals surface area (Å²) in [5, 5.41) is 7.71. The van der Waals surface area contributed by atoms with Crippen molar-refractivity contribution in [3.05, 3.63) is 82.2 Å². The van der Waals surface area contributed by atoms with E-state index in [0.29, 0.717) is 5.02 Å². The summed E-state index contributed by atoms with van der Waals surface area (Å²) in [5.74, 6) is 0. The van der Waals surface area contributed by atoms with Gasteiger partial charge >= 0.3 is 0 Å². The Morgan fingerprint density at radius 2 is 1.58 bits per heavy atom. The lowest BCUT2D eigenvalue weighted by molar-refractivity contribution is 0.615. The van der Waals surface area contributed by atoms with Gasteiger partial charge in [0.2, 0.25) is 0 Å². The second kappa shape index (κ2) is 4.83. The smallest absolute Gasteiger partial charge is 0.179 e. The Kier molecular flexibility index (Phi) is 2.73. The Bertz CT molecular complexity index is 1310. The van der Waals surface area contributed by atoms with Crippen molar-refractivity contribution in [2.24, 2.45) is 0 Å². The summed E-state index contributed by atoms with van der Waals surface area (Å²) in [6.45, 7) is 0. The molecule has 1 aromatic heterocycles. The fraction of sp³-hybridized carbons (Fsp3) is 0. The largest absolute Gasteiger partial charge is 0.463 e. The van der Waals surface area contributed by atoms with Gasteiger partial charge in [0.05, 0.1) is 6.26 Å². The zero-order valence-electron chi connectivity index (χ0n) is 12.5. The molecule has 3 heteroatoms. The fourth-order valence-corrected chi connectivity index (χ4v) is 3.67. The van der Waals surface area contributed by atoms with Gasteiger partial charge in [-0.25, -0.2) is 0 Å². The molecule has 0 unspecified atom stereocenters. The molecule has 0 radical (unpaired) electrons. The molecule has 0 atom stereocenters. The highest BCUT2D eigenvalue weighted by molar-refractivity contribution is 6.33. The molecule has 0 aliphatic heterocycles. The quantitative estimate of drug-likeness (QED) is 0.331. The average Bonchev–Trinajstić information content (AvgIpc) is 2.61. The molecule has 5 aromatic rings. The molecule has 0 bridgehead atoms. The molecule has 0 fully saturated rings. The monoisotopic (exact) mass is 330 g/mol. The van der Waals surface area contributed by atoms with Crippen molar-refractivity contribution in [3.63, 3.8) is 0 Å². The van der Waals surface area contributed by atoms with E-state index in [1.165, 1.54) is 0 Å². The summed E-state index contributed by atoms with van der Waals surface area (Å²) in [6.07, 6.45) is 1.74. The highest BCUT2D eigenvalue weighted by atomic mass is 35.5. The summed E-state index contributed by atoms with van der Waals surface area (Å²) >= 11 is 6.24. The molecule has 4 aromatic carbocycles. The Balaban J connectivity index is 2.21. The summed E-state index contributed by atoms with van der Waals surface area (Å²) < 4.78 is 5.98. The molecule has 5 rings (SSSR count). The van der Waals surface area contributed by atoms with Gasteiger partial charge in [0.25, 0.3) is 0 Å². The van der Waals surface area contributed by atoms with Crippen LogP contribution in [0.5, 0.6) is 0 Å². The standard InChI is InChI=1S/C21H11ClO2/c22-13-6-5-12-11-24-21-17-8-7-14(23)10-19(17)15-3-1-2-4-16(15)20(21)18(12)9-13/h1-11H. The molecule has 0 aliphatic carbocycles. The Hall–Kier alpha value is -2.84. The lowest BCUT2D eigenvalue weighted by atomic mass is 9.95. The number of hydrogen-bond acceptors (Lipinski definition) is 2. The van der Waals surface area contributed by atoms with Crippen molar-refractivity contribution in [2.75, 3.05) is 0 Å². The maximum Gasteiger partial charge on any atom is 0.179 e. The normalized spacial score (nSPS) is 11.7. The Morgan fingerprint density at radius 3 is 2.46 bits per heavy atom. The predicted octanol–water partition coefficient (Wildman–Crippen LogP) is 5.91. The number of rotatable bonds is 0. The van der Waals surface area contributed by atoms with Crippen LogP contribution in [0.25, 0.3) is 43.3 Å². The van der Waals surface area contributed by atoms with Gasteiger partial charge in [-0.05, 0) is 57.9 Å². The van der Waals surface area contributed by atoms with Crippen LogP contribution in [0.4, 0.5) is 0 Å². The number of halogens is 1. The Morgan fingerprint density at radius 1 is 0.750 bits per heavy atom. The van der Waals surface area contributed by atoms with Crippen LogP contribution in [0.1, 0.15) is 0 Å². The van der Waals surface area contributed by atoms with Crippen molar-refractivity contribution >= 4 is 54.9 Å². The first-order chi connectivity index (χ1) is 11.7. The zero-order valence-corrected chi connectivity index (χ0v) is 13.3. The van der Waals surface area contributed by atoms with Crippen LogP contribution in [0.2, 0.25) is 5.02 Å². The molecule has 0 saturated carbocycles. The minimum Gasteiger partial charge on any atom is -0.463 e. The van der Waals surface area contributed by atoms with E-state index in [1.807, 2.05) is 42.5 Å². The molecular weight excluding hydrogens is 320 g/mol. The van der Waals surface area contributed by atoms with E-state index in [1.54, 1.807) is 18.4 Å². The van der Waals surface area contributed by atoms with Gasteiger partial charge in [-0.1, -0.05) is 35.9 Å². The van der Waals surface area contributed by atoms with Crippen LogP contribution in [-0.4, -0.2) is 0 Å². The van der Waals surface area contributed by atoms with Crippen LogP contribution < -0.4 is 5.43 Å². The summed E-state index contributed by atoms with van der Waals surface area (Å²) in [4.78, 5) is 11.9. The minimum absolute atomic E-state index is 0.00385. The van der Waals surface area contributed by atoms with Gasteiger partial charge in [0.15, 0.2) is 5.43 Å². The molecular formula is C21H11ClO2. The van der Waals surface area contributed by atoms with E-state index in [0.717, 1.165) is 43.3 Å². The second-order valence-corrected chi connectivity index (χ2v) is 6.36. The van der Waals surface area contributed by atoms with Crippen LogP contribution >= 0.6 is 11.6 Å². The van der Waals surface area contributed by atoms with Gasteiger partial charge in [0, 0.05) is 21.2 Å². The lowest BCUT2D eigenvalue weighted by Gasteiger charge is -2.11. The molecule has 24 heavy (non-hydrogen) atoms. The maximum atomic E-state index is 11.9.